The van der Waals surface area contributed by atoms with Crippen molar-refractivity contribution < 1.29 is 18.7 Å². The van der Waals surface area contributed by atoms with Gasteiger partial charge in [0.2, 0.25) is 11.8 Å². The maximum absolute atomic E-state index is 12.9. The first-order chi connectivity index (χ1) is 13.0. The quantitative estimate of drug-likeness (QED) is 0.698. The number of nitrogens with one attached hydrogen (secondary N) is 1. The zero-order chi connectivity index (χ0) is 19.5. The van der Waals surface area contributed by atoms with Gasteiger partial charge in [0.1, 0.15) is 11.6 Å². The van der Waals surface area contributed by atoms with Crippen LogP contribution in [-0.2, 0) is 16.0 Å². The van der Waals surface area contributed by atoms with E-state index in [4.69, 9.17) is 4.74 Å². The second kappa shape index (κ2) is 11.0. The van der Waals surface area contributed by atoms with Crippen LogP contribution in [0.1, 0.15) is 18.9 Å². The Hall–Kier alpha value is -2.89. The third kappa shape index (κ3) is 7.90. The molecule has 0 aromatic heterocycles. The molecule has 6 heteroatoms. The molecule has 27 heavy (non-hydrogen) atoms. The topological polar surface area (TPSA) is 58.6 Å². The molecule has 2 rings (SSSR count). The zero-order valence-corrected chi connectivity index (χ0v) is 15.5. The summed E-state index contributed by atoms with van der Waals surface area (Å²) in [6, 6.07) is 15.6. The molecule has 0 aliphatic heterocycles. The predicted molar refractivity (Wildman–Crippen MR) is 102 cm³/mol. The minimum absolute atomic E-state index is 0.0567. The second-order valence-electron chi connectivity index (χ2n) is 6.14. The molecular formula is C21H25FN2O3. The van der Waals surface area contributed by atoms with Gasteiger partial charge in [-0.1, -0.05) is 30.3 Å². The summed E-state index contributed by atoms with van der Waals surface area (Å²) in [4.78, 5) is 25.3. The third-order valence-electron chi connectivity index (χ3n) is 4.07. The Kier molecular flexibility index (Phi) is 8.29. The molecule has 1 N–H and O–H groups in total. The Morgan fingerprint density at radius 1 is 1.04 bits per heavy atom. The lowest BCUT2D eigenvalue weighted by Crippen LogP contribution is -2.38. The highest BCUT2D eigenvalue weighted by Crippen LogP contribution is 2.08. The lowest BCUT2D eigenvalue weighted by Gasteiger charge is -2.21. The molecule has 0 unspecified atom stereocenters. The van der Waals surface area contributed by atoms with E-state index in [0.29, 0.717) is 32.7 Å². The van der Waals surface area contributed by atoms with Gasteiger partial charge in [-0.25, -0.2) is 4.39 Å². The molecule has 0 bridgehead atoms. The SMILES string of the molecule is CC(=O)N(CCNC(=O)CCOc1ccccc1)CCc1ccc(F)cc1. The summed E-state index contributed by atoms with van der Waals surface area (Å²) in [5, 5.41) is 2.80. The number of rotatable bonds is 10. The van der Waals surface area contributed by atoms with Crippen molar-refractivity contribution in [3.8, 4) is 5.75 Å². The fourth-order valence-electron chi connectivity index (χ4n) is 2.54. The Morgan fingerprint density at radius 3 is 2.41 bits per heavy atom. The Balaban J connectivity index is 1.65. The highest BCUT2D eigenvalue weighted by atomic mass is 19.1. The number of hydrogen-bond donors (Lipinski definition) is 1. The predicted octanol–water partition coefficient (Wildman–Crippen LogP) is 2.80. The third-order valence-corrected chi connectivity index (χ3v) is 4.07. The van der Waals surface area contributed by atoms with Crippen LogP contribution >= 0.6 is 0 Å². The summed E-state index contributed by atoms with van der Waals surface area (Å²) in [7, 11) is 0. The standard InChI is InChI=1S/C21H25FN2O3/c1-17(25)24(14-11-18-7-9-19(22)10-8-18)15-13-23-21(26)12-16-27-20-5-3-2-4-6-20/h2-10H,11-16H2,1H3,(H,23,26). The van der Waals surface area contributed by atoms with Crippen molar-refractivity contribution in [3.63, 3.8) is 0 Å². The van der Waals surface area contributed by atoms with Gasteiger partial charge in [-0.15, -0.1) is 0 Å². The molecule has 2 aromatic carbocycles. The number of para-hydroxylation sites is 1. The van der Waals surface area contributed by atoms with Gasteiger partial charge < -0.3 is 15.0 Å². The van der Waals surface area contributed by atoms with Gasteiger partial charge in [0.25, 0.3) is 0 Å². The second-order valence-corrected chi connectivity index (χ2v) is 6.14. The largest absolute Gasteiger partial charge is 0.493 e. The van der Waals surface area contributed by atoms with Crippen LogP contribution in [0.4, 0.5) is 4.39 Å². The lowest BCUT2D eigenvalue weighted by molar-refractivity contribution is -0.129. The molecule has 0 saturated carbocycles. The molecule has 5 nitrogen and oxygen atoms in total. The van der Waals surface area contributed by atoms with E-state index in [1.54, 1.807) is 17.0 Å². The zero-order valence-electron chi connectivity index (χ0n) is 15.5. The number of ether oxygens (including phenoxy) is 1. The van der Waals surface area contributed by atoms with Crippen molar-refractivity contribution in [2.45, 2.75) is 19.8 Å². The van der Waals surface area contributed by atoms with Crippen LogP contribution in [0.3, 0.4) is 0 Å². The van der Waals surface area contributed by atoms with Crippen LogP contribution in [0.5, 0.6) is 5.75 Å². The summed E-state index contributed by atoms with van der Waals surface area (Å²) in [6.07, 6.45) is 0.892. The van der Waals surface area contributed by atoms with E-state index in [9.17, 15) is 14.0 Å². The molecule has 0 heterocycles. The molecule has 2 amide bonds. The lowest BCUT2D eigenvalue weighted by atomic mass is 10.1. The molecular weight excluding hydrogens is 347 g/mol. The number of nitrogens with zero attached hydrogens (tertiary/aromatic N) is 1. The average Bonchev–Trinajstić information content (AvgIpc) is 2.66. The molecule has 0 spiro atoms. The van der Waals surface area contributed by atoms with Crippen molar-refractivity contribution in [1.29, 1.82) is 0 Å². The summed E-state index contributed by atoms with van der Waals surface area (Å²) in [5.41, 5.74) is 0.963. The van der Waals surface area contributed by atoms with E-state index in [-0.39, 0.29) is 24.1 Å². The van der Waals surface area contributed by atoms with Crippen LogP contribution in [0.2, 0.25) is 0 Å². The summed E-state index contributed by atoms with van der Waals surface area (Å²) in [5.74, 6) is 0.279. The fourth-order valence-corrected chi connectivity index (χ4v) is 2.54. The van der Waals surface area contributed by atoms with Crippen LogP contribution in [0, 0.1) is 5.82 Å². The molecule has 0 aliphatic rings. The van der Waals surface area contributed by atoms with Gasteiger partial charge in [-0.3, -0.25) is 9.59 Å². The minimum atomic E-state index is -0.277. The van der Waals surface area contributed by atoms with Crippen molar-refractivity contribution in [2.24, 2.45) is 0 Å². The number of carbonyl (C=O) groups is 2. The molecule has 0 saturated heterocycles. The van der Waals surface area contributed by atoms with E-state index >= 15 is 0 Å². The first-order valence-corrected chi connectivity index (χ1v) is 8.99. The first-order valence-electron chi connectivity index (χ1n) is 8.99. The van der Waals surface area contributed by atoms with E-state index in [1.165, 1.54) is 19.1 Å². The monoisotopic (exact) mass is 372 g/mol. The van der Waals surface area contributed by atoms with Crippen LogP contribution < -0.4 is 10.1 Å². The summed E-state index contributed by atoms with van der Waals surface area (Å²) >= 11 is 0. The van der Waals surface area contributed by atoms with E-state index in [2.05, 4.69) is 5.32 Å². The maximum Gasteiger partial charge on any atom is 0.223 e. The Bertz CT molecular complexity index is 720. The van der Waals surface area contributed by atoms with E-state index in [0.717, 1.165) is 11.3 Å². The van der Waals surface area contributed by atoms with Crippen molar-refractivity contribution in [3.05, 3.63) is 66.0 Å². The van der Waals surface area contributed by atoms with Crippen molar-refractivity contribution >= 4 is 11.8 Å². The molecule has 0 fully saturated rings. The van der Waals surface area contributed by atoms with Gasteiger partial charge in [0.05, 0.1) is 13.0 Å². The Morgan fingerprint density at radius 2 is 1.74 bits per heavy atom. The van der Waals surface area contributed by atoms with Gasteiger partial charge in [0.15, 0.2) is 0 Å². The van der Waals surface area contributed by atoms with Gasteiger partial charge in [0, 0.05) is 26.6 Å². The molecule has 144 valence electrons. The van der Waals surface area contributed by atoms with Crippen LogP contribution in [0.15, 0.2) is 54.6 Å². The molecule has 0 radical (unpaired) electrons. The average molecular weight is 372 g/mol. The Labute approximate surface area is 159 Å². The number of halogens is 1. The van der Waals surface area contributed by atoms with E-state index < -0.39 is 0 Å². The van der Waals surface area contributed by atoms with E-state index in [1.807, 2.05) is 30.3 Å². The summed E-state index contributed by atoms with van der Waals surface area (Å²) in [6.45, 7) is 3.14. The van der Waals surface area contributed by atoms with Gasteiger partial charge in [-0.2, -0.15) is 0 Å². The van der Waals surface area contributed by atoms with Crippen molar-refractivity contribution in [2.75, 3.05) is 26.2 Å². The number of benzene rings is 2. The normalized spacial score (nSPS) is 10.3. The molecule has 2 aromatic rings. The van der Waals surface area contributed by atoms with Gasteiger partial charge in [-0.05, 0) is 36.2 Å². The molecule has 0 aliphatic carbocycles. The van der Waals surface area contributed by atoms with Gasteiger partial charge >= 0.3 is 0 Å². The highest BCUT2D eigenvalue weighted by Gasteiger charge is 2.10. The maximum atomic E-state index is 12.9. The fraction of sp³-hybridized carbons (Fsp3) is 0.333. The number of hydrogen-bond acceptors (Lipinski definition) is 3. The summed E-state index contributed by atoms with van der Waals surface area (Å²) < 4.78 is 18.4. The minimum Gasteiger partial charge on any atom is -0.493 e. The smallest absolute Gasteiger partial charge is 0.223 e. The number of carbonyl (C=O) groups excluding carboxylic acids is 2. The van der Waals surface area contributed by atoms with Crippen LogP contribution in [0.25, 0.3) is 0 Å². The number of amides is 2. The highest BCUT2D eigenvalue weighted by molar-refractivity contribution is 5.76. The first kappa shape index (κ1) is 20.4. The van der Waals surface area contributed by atoms with Crippen molar-refractivity contribution in [1.82, 2.24) is 10.2 Å². The molecule has 0 atom stereocenters. The van der Waals surface area contributed by atoms with Crippen LogP contribution in [-0.4, -0.2) is 43.0 Å².